The first kappa shape index (κ1) is 11.5. The summed E-state index contributed by atoms with van der Waals surface area (Å²) in [5.41, 5.74) is 1.92. The highest BCUT2D eigenvalue weighted by Crippen LogP contribution is 2.49. The number of ether oxygens (including phenoxy) is 1. The van der Waals surface area contributed by atoms with Gasteiger partial charge in [0, 0.05) is 6.42 Å². The van der Waals surface area contributed by atoms with E-state index in [9.17, 15) is 0 Å². The van der Waals surface area contributed by atoms with E-state index in [0.29, 0.717) is 13.0 Å². The third-order valence-corrected chi connectivity index (χ3v) is 2.96. The van der Waals surface area contributed by atoms with Crippen molar-refractivity contribution in [2.45, 2.75) is 22.7 Å². The summed E-state index contributed by atoms with van der Waals surface area (Å²) in [6, 6.07) is 8.13. The zero-order valence-corrected chi connectivity index (χ0v) is 10.5. The second-order valence-corrected chi connectivity index (χ2v) is 6.46. The van der Waals surface area contributed by atoms with Crippen molar-refractivity contribution in [3.05, 3.63) is 35.4 Å². The molecule has 0 spiro atoms. The number of hydrogen-bond acceptors (Lipinski definition) is 1. The summed E-state index contributed by atoms with van der Waals surface area (Å²) in [4.78, 5) is 0. The molecule has 0 unspecified atom stereocenters. The maximum Gasteiger partial charge on any atom is 0.193 e. The van der Waals surface area contributed by atoms with E-state index in [1.807, 2.05) is 31.2 Å². The van der Waals surface area contributed by atoms with Gasteiger partial charge in [-0.15, -0.1) is 0 Å². The monoisotopic (exact) mass is 264 g/mol. The predicted molar refractivity (Wildman–Crippen MR) is 63.7 cm³/mol. The first-order chi connectivity index (χ1) is 6.91. The van der Waals surface area contributed by atoms with Gasteiger partial charge in [0.2, 0.25) is 0 Å². The van der Waals surface area contributed by atoms with Crippen LogP contribution < -0.4 is 0 Å². The van der Waals surface area contributed by atoms with E-state index >= 15 is 0 Å². The fourth-order valence-corrected chi connectivity index (χ4v) is 2.29. The molecule has 0 amide bonds. The predicted octanol–water partition coefficient (Wildman–Crippen LogP) is 3.98. The molecule has 0 radical (unpaired) electrons. The van der Waals surface area contributed by atoms with Crippen molar-refractivity contribution in [1.29, 1.82) is 0 Å². The summed E-state index contributed by atoms with van der Waals surface area (Å²) in [7, 11) is 0. The van der Waals surface area contributed by atoms with Gasteiger partial charge in [-0.2, -0.15) is 0 Å². The molecule has 1 aromatic rings. The Balaban J connectivity index is 2.20. The minimum atomic E-state index is -1.26. The molecule has 4 heteroatoms. The summed E-state index contributed by atoms with van der Waals surface area (Å²) in [5.74, 6) is 0. The number of aryl methyl sites for hydroxylation is 1. The molecule has 1 fully saturated rings. The Kier molecular flexibility index (Phi) is 2.93. The van der Waals surface area contributed by atoms with E-state index in [1.165, 1.54) is 5.56 Å². The summed E-state index contributed by atoms with van der Waals surface area (Å²) in [6.07, 6.45) is 0.397. The molecule has 0 N–H and O–H groups in total. The zero-order chi connectivity index (χ0) is 11.1. The van der Waals surface area contributed by atoms with Crippen LogP contribution in [0.5, 0.6) is 0 Å². The zero-order valence-electron chi connectivity index (χ0n) is 8.27. The van der Waals surface area contributed by atoms with Crippen LogP contribution in [0.1, 0.15) is 17.5 Å². The van der Waals surface area contributed by atoms with E-state index in [-0.39, 0.29) is 5.60 Å². The van der Waals surface area contributed by atoms with Crippen LogP contribution >= 0.6 is 34.8 Å². The standard InChI is InChI=1S/C11H11Cl3O/c1-8-2-4-9(5-3-8)10(7-15-10)6-11(12,13)14/h2-5H,6-7H2,1H3/t10-/m1/s1. The van der Waals surface area contributed by atoms with Crippen LogP contribution in [-0.2, 0) is 10.3 Å². The largest absolute Gasteiger partial charge is 0.364 e. The molecular formula is C11H11Cl3O. The quantitative estimate of drug-likeness (QED) is 0.582. The highest BCUT2D eigenvalue weighted by molar-refractivity contribution is 6.67. The van der Waals surface area contributed by atoms with Crippen LogP contribution in [0.25, 0.3) is 0 Å². The Morgan fingerprint density at radius 2 is 1.80 bits per heavy atom. The number of epoxide rings is 1. The molecule has 0 aliphatic carbocycles. The Hall–Kier alpha value is 0.0500. The highest BCUT2D eigenvalue weighted by atomic mass is 35.6. The maximum atomic E-state index is 5.79. The van der Waals surface area contributed by atoms with Crippen LogP contribution in [0.4, 0.5) is 0 Å². The van der Waals surface area contributed by atoms with E-state index in [0.717, 1.165) is 5.56 Å². The summed E-state index contributed by atoms with van der Waals surface area (Å²) in [6.45, 7) is 2.67. The Morgan fingerprint density at radius 1 is 1.27 bits per heavy atom. The minimum absolute atomic E-state index is 0.376. The van der Waals surface area contributed by atoms with Crippen molar-refractivity contribution in [2.24, 2.45) is 0 Å². The molecule has 82 valence electrons. The van der Waals surface area contributed by atoms with E-state index in [4.69, 9.17) is 39.5 Å². The van der Waals surface area contributed by atoms with Gasteiger partial charge in [0.05, 0.1) is 6.61 Å². The number of hydrogen-bond donors (Lipinski definition) is 0. The molecule has 0 aromatic heterocycles. The summed E-state index contributed by atoms with van der Waals surface area (Å²) in [5, 5.41) is 0. The average molecular weight is 266 g/mol. The first-order valence-electron chi connectivity index (χ1n) is 4.69. The lowest BCUT2D eigenvalue weighted by molar-refractivity contribution is 0.295. The van der Waals surface area contributed by atoms with Gasteiger partial charge in [-0.1, -0.05) is 64.6 Å². The Labute approximate surface area is 104 Å². The van der Waals surface area contributed by atoms with Crippen molar-refractivity contribution in [3.8, 4) is 0 Å². The summed E-state index contributed by atoms with van der Waals surface area (Å²) < 4.78 is 4.18. The van der Waals surface area contributed by atoms with Gasteiger partial charge in [0.1, 0.15) is 5.60 Å². The fourth-order valence-electron chi connectivity index (χ4n) is 1.64. The van der Waals surface area contributed by atoms with Crippen LogP contribution in [-0.4, -0.2) is 10.4 Å². The Morgan fingerprint density at radius 3 is 2.20 bits per heavy atom. The van der Waals surface area contributed by atoms with Gasteiger partial charge in [-0.25, -0.2) is 0 Å². The van der Waals surface area contributed by atoms with Gasteiger partial charge < -0.3 is 4.74 Å². The molecule has 2 rings (SSSR count). The number of benzene rings is 1. The molecule has 1 heterocycles. The van der Waals surface area contributed by atoms with Crippen molar-refractivity contribution < 1.29 is 4.74 Å². The lowest BCUT2D eigenvalue weighted by atomic mass is 9.96. The molecule has 1 atom stereocenters. The molecular weight excluding hydrogens is 254 g/mol. The van der Waals surface area contributed by atoms with Crippen molar-refractivity contribution in [1.82, 2.24) is 0 Å². The highest BCUT2D eigenvalue weighted by Gasteiger charge is 2.51. The molecule has 1 aliphatic heterocycles. The van der Waals surface area contributed by atoms with Crippen LogP contribution in [0.2, 0.25) is 0 Å². The summed E-state index contributed by atoms with van der Waals surface area (Å²) >= 11 is 17.4. The van der Waals surface area contributed by atoms with Gasteiger partial charge in [-0.3, -0.25) is 0 Å². The van der Waals surface area contributed by atoms with Crippen molar-refractivity contribution >= 4 is 34.8 Å². The lowest BCUT2D eigenvalue weighted by Gasteiger charge is -2.17. The number of rotatable bonds is 2. The lowest BCUT2D eigenvalue weighted by Crippen LogP contribution is -2.18. The fraction of sp³-hybridized carbons (Fsp3) is 0.455. The minimum Gasteiger partial charge on any atom is -0.364 e. The molecule has 1 nitrogen and oxygen atoms in total. The third-order valence-electron chi connectivity index (χ3n) is 2.56. The molecule has 1 aliphatic rings. The Bertz CT molecular complexity index is 349. The van der Waals surface area contributed by atoms with E-state index in [2.05, 4.69) is 0 Å². The van der Waals surface area contributed by atoms with Crippen molar-refractivity contribution in [2.75, 3.05) is 6.61 Å². The normalized spacial score (nSPS) is 25.3. The van der Waals surface area contributed by atoms with Crippen LogP contribution in [0.15, 0.2) is 24.3 Å². The van der Waals surface area contributed by atoms with Gasteiger partial charge in [0.15, 0.2) is 3.79 Å². The second kappa shape index (κ2) is 3.81. The number of alkyl halides is 3. The molecule has 1 aromatic carbocycles. The SMILES string of the molecule is Cc1ccc([C@@]2(CC(Cl)(Cl)Cl)CO2)cc1. The second-order valence-electron chi connectivity index (χ2n) is 3.94. The van der Waals surface area contributed by atoms with Crippen LogP contribution in [0, 0.1) is 6.92 Å². The first-order valence-corrected chi connectivity index (χ1v) is 5.83. The van der Waals surface area contributed by atoms with E-state index in [1.54, 1.807) is 0 Å². The molecule has 0 saturated carbocycles. The van der Waals surface area contributed by atoms with Gasteiger partial charge >= 0.3 is 0 Å². The topological polar surface area (TPSA) is 12.5 Å². The molecule has 0 bridgehead atoms. The number of halogens is 3. The van der Waals surface area contributed by atoms with E-state index < -0.39 is 3.79 Å². The van der Waals surface area contributed by atoms with Gasteiger partial charge in [-0.05, 0) is 12.5 Å². The average Bonchev–Trinajstić information content (AvgIpc) is 2.83. The smallest absolute Gasteiger partial charge is 0.193 e. The van der Waals surface area contributed by atoms with Gasteiger partial charge in [0.25, 0.3) is 0 Å². The maximum absolute atomic E-state index is 5.79. The van der Waals surface area contributed by atoms with Crippen LogP contribution in [0.3, 0.4) is 0 Å². The third kappa shape index (κ3) is 2.79. The molecule has 15 heavy (non-hydrogen) atoms. The molecule has 1 saturated heterocycles. The van der Waals surface area contributed by atoms with Crippen molar-refractivity contribution in [3.63, 3.8) is 0 Å².